The Bertz CT molecular complexity index is 403. The van der Waals surface area contributed by atoms with Gasteiger partial charge in [-0.2, -0.15) is 0 Å². The Kier molecular flexibility index (Phi) is 1.74. The van der Waals surface area contributed by atoms with E-state index in [2.05, 4.69) is 24.3 Å². The molecule has 0 aliphatic heterocycles. The molecule has 0 saturated heterocycles. The number of fused-ring (bicyclic) bond motifs is 2. The highest BCUT2D eigenvalue weighted by Crippen LogP contribution is 2.41. The van der Waals surface area contributed by atoms with Gasteiger partial charge >= 0.3 is 0 Å². The number of hydrogen-bond acceptors (Lipinski definition) is 1. The van der Waals surface area contributed by atoms with Crippen LogP contribution in [0.4, 0.5) is 0 Å². The van der Waals surface area contributed by atoms with Gasteiger partial charge in [0.05, 0.1) is 6.10 Å². The molecule has 1 unspecified atom stereocenters. The smallest absolute Gasteiger partial charge is 0.0759 e. The van der Waals surface area contributed by atoms with E-state index in [1.165, 1.54) is 22.3 Å². The minimum Gasteiger partial charge on any atom is -0.389 e. The van der Waals surface area contributed by atoms with E-state index >= 15 is 0 Å². The normalized spacial score (nSPS) is 24.8. The van der Waals surface area contributed by atoms with Crippen molar-refractivity contribution in [1.29, 1.82) is 0 Å². The molecule has 0 amide bonds. The van der Waals surface area contributed by atoms with Crippen molar-refractivity contribution >= 4 is 5.57 Å². The molecule has 0 bridgehead atoms. The van der Waals surface area contributed by atoms with Gasteiger partial charge < -0.3 is 5.11 Å². The van der Waals surface area contributed by atoms with Crippen molar-refractivity contribution in [1.82, 2.24) is 0 Å². The third-order valence-electron chi connectivity index (χ3n) is 3.46. The van der Waals surface area contributed by atoms with E-state index in [9.17, 15) is 5.11 Å². The number of aryl methyl sites for hydroxylation is 1. The van der Waals surface area contributed by atoms with Crippen molar-refractivity contribution in [3.05, 3.63) is 41.0 Å². The highest BCUT2D eigenvalue weighted by Gasteiger charge is 2.28. The van der Waals surface area contributed by atoms with Crippen LogP contribution in [0.1, 0.15) is 30.4 Å². The van der Waals surface area contributed by atoms with Crippen LogP contribution in [-0.2, 0) is 6.42 Å². The standard InChI is InChI=1S/C13H14O/c14-13-8-7-11-10-4-2-1-3-9(10)5-6-12(11)13/h1-4,13-14H,5-8H2. The van der Waals surface area contributed by atoms with Crippen molar-refractivity contribution in [2.24, 2.45) is 0 Å². The zero-order valence-electron chi connectivity index (χ0n) is 8.16. The molecule has 14 heavy (non-hydrogen) atoms. The summed E-state index contributed by atoms with van der Waals surface area (Å²) in [7, 11) is 0. The average molecular weight is 186 g/mol. The number of aliphatic hydroxyl groups excluding tert-OH is 1. The van der Waals surface area contributed by atoms with Crippen LogP contribution in [0.15, 0.2) is 29.8 Å². The molecule has 2 aliphatic rings. The molecule has 0 aromatic heterocycles. The number of benzene rings is 1. The third-order valence-corrected chi connectivity index (χ3v) is 3.46. The lowest BCUT2D eigenvalue weighted by atomic mass is 9.87. The van der Waals surface area contributed by atoms with Gasteiger partial charge in [-0.3, -0.25) is 0 Å². The van der Waals surface area contributed by atoms with Gasteiger partial charge in [0, 0.05) is 0 Å². The fourth-order valence-electron chi connectivity index (χ4n) is 2.74. The largest absolute Gasteiger partial charge is 0.389 e. The second kappa shape index (κ2) is 2.96. The first-order valence-electron chi connectivity index (χ1n) is 5.34. The Hall–Kier alpha value is -1.08. The minimum absolute atomic E-state index is 0.154. The van der Waals surface area contributed by atoms with Crippen LogP contribution in [0.3, 0.4) is 0 Å². The van der Waals surface area contributed by atoms with E-state index in [0.29, 0.717) is 0 Å². The predicted molar refractivity (Wildman–Crippen MR) is 56.9 cm³/mol. The number of allylic oxidation sites excluding steroid dienone is 1. The minimum atomic E-state index is -0.154. The molecule has 1 atom stereocenters. The lowest BCUT2D eigenvalue weighted by Gasteiger charge is -2.19. The van der Waals surface area contributed by atoms with Crippen LogP contribution < -0.4 is 0 Å². The number of aliphatic hydroxyl groups is 1. The number of hydrogen-bond donors (Lipinski definition) is 1. The van der Waals surface area contributed by atoms with E-state index < -0.39 is 0 Å². The first-order chi connectivity index (χ1) is 6.86. The third kappa shape index (κ3) is 1.05. The lowest BCUT2D eigenvalue weighted by Crippen LogP contribution is -2.09. The molecule has 1 aromatic carbocycles. The molecule has 1 N–H and O–H groups in total. The Labute approximate surface area is 84.1 Å². The van der Waals surface area contributed by atoms with E-state index in [1.54, 1.807) is 0 Å². The highest BCUT2D eigenvalue weighted by molar-refractivity contribution is 5.75. The van der Waals surface area contributed by atoms with E-state index in [4.69, 9.17) is 0 Å². The molecule has 0 radical (unpaired) electrons. The summed E-state index contributed by atoms with van der Waals surface area (Å²) < 4.78 is 0. The lowest BCUT2D eigenvalue weighted by molar-refractivity contribution is 0.208. The van der Waals surface area contributed by atoms with Crippen LogP contribution >= 0.6 is 0 Å². The summed E-state index contributed by atoms with van der Waals surface area (Å²) >= 11 is 0. The maximum atomic E-state index is 9.79. The monoisotopic (exact) mass is 186 g/mol. The summed E-state index contributed by atoms with van der Waals surface area (Å²) in [6, 6.07) is 8.61. The topological polar surface area (TPSA) is 20.2 Å². The zero-order chi connectivity index (χ0) is 9.54. The van der Waals surface area contributed by atoms with Crippen molar-refractivity contribution in [2.45, 2.75) is 31.8 Å². The molecule has 0 heterocycles. The summed E-state index contributed by atoms with van der Waals surface area (Å²) in [5.41, 5.74) is 5.59. The fraction of sp³-hybridized carbons (Fsp3) is 0.385. The summed E-state index contributed by atoms with van der Waals surface area (Å²) in [6.07, 6.45) is 4.00. The average Bonchev–Trinajstić information content (AvgIpc) is 2.61. The molecule has 3 rings (SSSR count). The number of rotatable bonds is 0. The molecular formula is C13H14O. The van der Waals surface area contributed by atoms with Gasteiger partial charge in [0.2, 0.25) is 0 Å². The molecule has 0 fully saturated rings. The molecule has 72 valence electrons. The van der Waals surface area contributed by atoms with E-state index in [-0.39, 0.29) is 6.10 Å². The summed E-state index contributed by atoms with van der Waals surface area (Å²) in [4.78, 5) is 0. The molecule has 0 saturated carbocycles. The first-order valence-corrected chi connectivity index (χ1v) is 5.34. The van der Waals surface area contributed by atoms with Crippen LogP contribution in [0.5, 0.6) is 0 Å². The van der Waals surface area contributed by atoms with Crippen LogP contribution in [0.25, 0.3) is 5.57 Å². The van der Waals surface area contributed by atoms with Crippen molar-refractivity contribution in [3.63, 3.8) is 0 Å². The predicted octanol–water partition coefficient (Wildman–Crippen LogP) is 2.54. The molecular weight excluding hydrogens is 172 g/mol. The van der Waals surface area contributed by atoms with Crippen LogP contribution in [0, 0.1) is 0 Å². The van der Waals surface area contributed by atoms with Crippen LogP contribution in [-0.4, -0.2) is 11.2 Å². The van der Waals surface area contributed by atoms with Crippen molar-refractivity contribution < 1.29 is 5.11 Å². The van der Waals surface area contributed by atoms with Gasteiger partial charge in [-0.15, -0.1) is 0 Å². The van der Waals surface area contributed by atoms with Crippen molar-refractivity contribution in [3.8, 4) is 0 Å². The SMILES string of the molecule is OC1CCC2=C1CCc1ccccc12. The van der Waals surface area contributed by atoms with Gasteiger partial charge in [0.15, 0.2) is 0 Å². The summed E-state index contributed by atoms with van der Waals surface area (Å²) in [5, 5.41) is 9.79. The maximum absolute atomic E-state index is 9.79. The summed E-state index contributed by atoms with van der Waals surface area (Å²) in [5.74, 6) is 0. The van der Waals surface area contributed by atoms with Gasteiger partial charge in [-0.25, -0.2) is 0 Å². The Morgan fingerprint density at radius 2 is 1.93 bits per heavy atom. The Morgan fingerprint density at radius 3 is 2.86 bits per heavy atom. The second-order valence-electron chi connectivity index (χ2n) is 4.22. The highest BCUT2D eigenvalue weighted by atomic mass is 16.3. The van der Waals surface area contributed by atoms with E-state index in [1.807, 2.05) is 0 Å². The first kappa shape index (κ1) is 8.25. The van der Waals surface area contributed by atoms with Crippen LogP contribution in [0.2, 0.25) is 0 Å². The zero-order valence-corrected chi connectivity index (χ0v) is 8.16. The maximum Gasteiger partial charge on any atom is 0.0759 e. The van der Waals surface area contributed by atoms with E-state index in [0.717, 1.165) is 25.7 Å². The second-order valence-corrected chi connectivity index (χ2v) is 4.22. The Balaban J connectivity index is 2.16. The van der Waals surface area contributed by atoms with Gasteiger partial charge in [-0.1, -0.05) is 24.3 Å². The molecule has 2 aliphatic carbocycles. The van der Waals surface area contributed by atoms with Gasteiger partial charge in [-0.05, 0) is 48.0 Å². The van der Waals surface area contributed by atoms with Crippen molar-refractivity contribution in [2.75, 3.05) is 0 Å². The molecule has 1 nitrogen and oxygen atoms in total. The molecule has 1 aromatic rings. The molecule has 1 heteroatoms. The quantitative estimate of drug-likeness (QED) is 0.660. The fourth-order valence-corrected chi connectivity index (χ4v) is 2.74. The summed E-state index contributed by atoms with van der Waals surface area (Å²) in [6.45, 7) is 0. The van der Waals surface area contributed by atoms with Gasteiger partial charge in [0.1, 0.15) is 0 Å². The Morgan fingerprint density at radius 1 is 1.07 bits per heavy atom. The molecule has 0 spiro atoms. The van der Waals surface area contributed by atoms with Gasteiger partial charge in [0.25, 0.3) is 0 Å².